The molecular weight excluding hydrogens is 1080 g/mol. The van der Waals surface area contributed by atoms with Crippen molar-refractivity contribution in [2.45, 2.75) is 215 Å². The Balaban J connectivity index is 1.09. The maximum Gasteiger partial charge on any atom is 0.335 e. The first-order valence-corrected chi connectivity index (χ1v) is 24.6. The van der Waals surface area contributed by atoms with Crippen LogP contribution in [0.25, 0.3) is 0 Å². The molecule has 0 aliphatic carbocycles. The summed E-state index contributed by atoms with van der Waals surface area (Å²) in [7, 11) is 0. The van der Waals surface area contributed by atoms with Gasteiger partial charge in [-0.1, -0.05) is 0 Å². The minimum absolute atomic E-state index is 1.06. The first kappa shape index (κ1) is 62.2. The van der Waals surface area contributed by atoms with Crippen LogP contribution in [0.3, 0.4) is 0 Å². The Morgan fingerprint density at radius 1 is 0.231 bits per heavy atom. The molecule has 21 aliphatic rings. The second-order valence-electron chi connectivity index (χ2n) is 19.7. The van der Waals surface area contributed by atoms with Gasteiger partial charge in [-0.05, 0) is 0 Å². The average Bonchev–Trinajstić information content (AvgIpc) is 3.43. The zero-order valence-electron chi connectivity index (χ0n) is 40.5. The molecule has 0 spiro atoms. The molecule has 78 heavy (non-hydrogen) atoms. The summed E-state index contributed by atoms with van der Waals surface area (Å²) in [6.45, 7) is -6.51. The van der Waals surface area contributed by atoms with Crippen molar-refractivity contribution in [3.8, 4) is 0 Å². The molecule has 0 aromatic carbocycles. The van der Waals surface area contributed by atoms with Crippen LogP contribution >= 0.6 is 0 Å². The van der Waals surface area contributed by atoms with Gasteiger partial charge in [0.1, 0.15) is 165 Å². The van der Waals surface area contributed by atoms with Crippen LogP contribution in [0.15, 0.2) is 0 Å². The first-order chi connectivity index (χ1) is 37.0. The summed E-state index contributed by atoms with van der Waals surface area (Å²) < 4.78 is 78.7. The van der Waals surface area contributed by atoms with E-state index in [-0.39, 0.29) is 0 Å². The van der Waals surface area contributed by atoms with Gasteiger partial charge in [-0.25, -0.2) is 4.79 Å². The second-order valence-corrected chi connectivity index (χ2v) is 19.7. The van der Waals surface area contributed by atoms with Crippen LogP contribution in [0.5, 0.6) is 0 Å². The van der Waals surface area contributed by atoms with E-state index in [0.29, 0.717) is 0 Å². The lowest BCUT2D eigenvalue weighted by Crippen LogP contribution is -2.68. The van der Waals surface area contributed by atoms with Gasteiger partial charge in [0.2, 0.25) is 0 Å². The molecule has 36 heteroatoms. The predicted molar refractivity (Wildman–Crippen MR) is 229 cm³/mol. The van der Waals surface area contributed by atoms with Crippen LogP contribution in [0.2, 0.25) is 0 Å². The summed E-state index contributed by atoms with van der Waals surface area (Å²) in [5.74, 6) is -1.93. The summed E-state index contributed by atoms with van der Waals surface area (Å²) in [4.78, 5) is 12.6. The Bertz CT molecular complexity index is 1900. The highest BCUT2D eigenvalue weighted by molar-refractivity contribution is 5.73. The molecular formula is C42H68O36. The average molecular weight is 1150 g/mol. The Morgan fingerprint density at radius 3 is 0.551 bits per heavy atom. The minimum Gasteiger partial charge on any atom is -0.479 e. The number of hydrogen-bond acceptors (Lipinski definition) is 35. The zero-order chi connectivity index (χ0) is 56.9. The van der Waals surface area contributed by atoms with Crippen molar-refractivity contribution in [2.24, 2.45) is 0 Å². The van der Waals surface area contributed by atoms with E-state index in [0.717, 1.165) is 0 Å². The van der Waals surface area contributed by atoms with Crippen molar-refractivity contribution in [1.29, 1.82) is 0 Å². The molecule has 0 aromatic heterocycles. The Morgan fingerprint density at radius 2 is 0.385 bits per heavy atom. The highest BCUT2D eigenvalue weighted by atomic mass is 16.8. The number of carboxylic acids is 1. The highest BCUT2D eigenvalue weighted by Gasteiger charge is 2.60. The predicted octanol–water partition coefficient (Wildman–Crippen LogP) is -15.1. The standard InChI is InChI=1S/C42H68O36/c43-1-7-27-14(50)21(57)37(66-7)73-29-9(3-45)68-39(23(59)16(29)52)75-31-11(5-47)70-41(25(61)18(31)54)77-33-19(55)26(62)42(78-34(33)35(63)64)76-32-12(6-48)69-40(24(60)17(32)53)74-30-10(4-46)67-38(22(58)15(30)51)72-28-8(2-44)65-36(71-27)20(56)13(28)49/h7-34,36-62H,1-6H2,(H,63,64)/t7-,8-,9-,10-,11-,12-,13-,14-,15+,16-,17+,18-,19-,20-,21-,22+,23-,24+,25-,26-,27-,28-,29-,30-,31-,32-,33+,34+,36-,37-,38-,39-,40-,41-,42+/m1/s1. The molecule has 21 saturated heterocycles. The summed E-state index contributed by atoms with van der Waals surface area (Å²) in [6, 6.07) is 0. The quantitative estimate of drug-likeness (QED) is 0.113. The number of hydrogen-bond donors (Lipinski definition) is 21. The molecule has 35 atom stereocenters. The van der Waals surface area contributed by atoms with Crippen molar-refractivity contribution in [3.05, 3.63) is 0 Å². The number of ether oxygens (including phenoxy) is 14. The van der Waals surface area contributed by atoms with Crippen LogP contribution in [0.4, 0.5) is 0 Å². The monoisotopic (exact) mass is 1150 g/mol. The van der Waals surface area contributed by atoms with E-state index in [9.17, 15) is 112 Å². The van der Waals surface area contributed by atoms with Crippen molar-refractivity contribution >= 4 is 5.97 Å². The molecule has 0 amide bonds. The fourth-order valence-corrected chi connectivity index (χ4v) is 10.4. The largest absolute Gasteiger partial charge is 0.479 e. The molecule has 21 N–H and O–H groups in total. The van der Waals surface area contributed by atoms with Crippen LogP contribution in [-0.4, -0.2) is 368 Å². The molecule has 21 aliphatic heterocycles. The maximum absolute atomic E-state index is 12.6. The summed E-state index contributed by atoms with van der Waals surface area (Å²) in [5.41, 5.74) is 0. The van der Waals surface area contributed by atoms with Crippen LogP contribution in [-0.2, 0) is 71.1 Å². The third-order valence-corrected chi connectivity index (χ3v) is 14.8. The molecule has 0 aromatic rings. The molecule has 0 unspecified atom stereocenters. The van der Waals surface area contributed by atoms with E-state index in [1.165, 1.54) is 0 Å². The Labute approximate surface area is 438 Å². The van der Waals surface area contributed by atoms with Crippen LogP contribution in [0.1, 0.15) is 0 Å². The van der Waals surface area contributed by atoms with Crippen molar-refractivity contribution in [2.75, 3.05) is 39.6 Å². The smallest absolute Gasteiger partial charge is 0.335 e. The lowest BCUT2D eigenvalue weighted by Gasteiger charge is -2.50. The normalized spacial score (nSPS) is 54.7. The fraction of sp³-hybridized carbons (Fsp3) is 0.976. The first-order valence-electron chi connectivity index (χ1n) is 24.6. The molecule has 452 valence electrons. The van der Waals surface area contributed by atoms with E-state index in [1.54, 1.807) is 0 Å². The lowest BCUT2D eigenvalue weighted by atomic mass is 9.95. The number of aliphatic carboxylic acids is 1. The van der Waals surface area contributed by atoms with E-state index in [4.69, 9.17) is 66.3 Å². The van der Waals surface area contributed by atoms with Crippen molar-refractivity contribution < 1.29 is 178 Å². The van der Waals surface area contributed by atoms with Gasteiger partial charge in [0, 0.05) is 0 Å². The van der Waals surface area contributed by atoms with Gasteiger partial charge in [0.05, 0.1) is 39.6 Å². The van der Waals surface area contributed by atoms with Crippen molar-refractivity contribution in [3.63, 3.8) is 0 Å². The van der Waals surface area contributed by atoms with Gasteiger partial charge in [0.25, 0.3) is 0 Å². The molecule has 21 heterocycles. The Hall–Kier alpha value is -1.89. The number of aliphatic hydroxyl groups is 20. The molecule has 36 nitrogen and oxygen atoms in total. The third-order valence-electron chi connectivity index (χ3n) is 14.8. The summed E-state index contributed by atoms with van der Waals surface area (Å²) in [5, 5.41) is 230. The molecule has 0 saturated carbocycles. The molecule has 0 radical (unpaired) electrons. The topological polar surface area (TPSA) is 571 Å². The summed E-state index contributed by atoms with van der Waals surface area (Å²) >= 11 is 0. The van der Waals surface area contributed by atoms with Gasteiger partial charge in [-0.15, -0.1) is 0 Å². The van der Waals surface area contributed by atoms with Gasteiger partial charge in [-0.3, -0.25) is 0 Å². The van der Waals surface area contributed by atoms with Gasteiger partial charge >= 0.3 is 5.97 Å². The van der Waals surface area contributed by atoms with Gasteiger partial charge in [0.15, 0.2) is 50.1 Å². The zero-order valence-corrected chi connectivity index (χ0v) is 40.5. The van der Waals surface area contributed by atoms with E-state index in [2.05, 4.69) is 0 Å². The number of aliphatic hydroxyl groups excluding tert-OH is 20. The highest BCUT2D eigenvalue weighted by Crippen LogP contribution is 2.39. The molecule has 14 bridgehead atoms. The van der Waals surface area contributed by atoms with E-state index in [1.807, 2.05) is 0 Å². The van der Waals surface area contributed by atoms with E-state index < -0.39 is 261 Å². The second kappa shape index (κ2) is 25.9. The van der Waals surface area contributed by atoms with Gasteiger partial charge in [-0.2, -0.15) is 0 Å². The van der Waals surface area contributed by atoms with E-state index >= 15 is 0 Å². The Kier molecular flexibility index (Phi) is 20.7. The van der Waals surface area contributed by atoms with Gasteiger partial charge < -0.3 is 174 Å². The lowest BCUT2D eigenvalue weighted by molar-refractivity contribution is -0.396. The third kappa shape index (κ3) is 11.9. The molecule has 21 rings (SSSR count). The molecule has 21 fully saturated rings. The van der Waals surface area contributed by atoms with Crippen molar-refractivity contribution in [1.82, 2.24) is 0 Å². The number of carboxylic acid groups (broad SMARTS) is 1. The SMILES string of the molecule is O=C(O)[C@H]1O[C@@H]2O[C@H]3[C@@H](O)[C@H](O)[C@@H](O[C@H]4[C@@H](O)[C@H](O)[C@@H](O[C@H]5[C@H](O)[C@@H](O)[C@@H](O[C@H]6[C@H](O)[C@@H](O)[C@@H](O[C@H]7[C@H](O)[C@@H](O)[C@@H](O[C@H]8[C@H](O)[C@@H](O)[C@@H](O[C@H]1[C@H](O)[C@H]2O)O[C@@H]8CO)O[C@@H]7CO)O[C@@H]6CO)O[C@@H]5CO)O[C@@H]4CO)O[C@@H]3CO. The van der Waals surface area contributed by atoms with Crippen LogP contribution < -0.4 is 0 Å². The fourth-order valence-electron chi connectivity index (χ4n) is 10.4. The maximum atomic E-state index is 12.6. The number of carbonyl (C=O) groups is 1. The minimum atomic E-state index is -2.40. The number of rotatable bonds is 7. The van der Waals surface area contributed by atoms with Crippen LogP contribution in [0, 0.1) is 0 Å². The summed E-state index contributed by atoms with van der Waals surface area (Å²) in [6.07, 6.45) is -73.4.